The predicted molar refractivity (Wildman–Crippen MR) is 174 cm³/mol. The minimum Gasteiger partial charge on any atom is -0.454 e. The van der Waals surface area contributed by atoms with Gasteiger partial charge in [-0.15, -0.1) is 0 Å². The maximum Gasteiger partial charge on any atom is 0.235 e. The Morgan fingerprint density at radius 1 is 0.674 bits per heavy atom. The van der Waals surface area contributed by atoms with Crippen LogP contribution in [0.25, 0.3) is 54.9 Å². The van der Waals surface area contributed by atoms with Crippen LogP contribution in [0.4, 0.5) is 17.3 Å². The van der Waals surface area contributed by atoms with E-state index in [-0.39, 0.29) is 5.41 Å². The van der Waals surface area contributed by atoms with Crippen LogP contribution in [0.3, 0.4) is 0 Å². The van der Waals surface area contributed by atoms with Gasteiger partial charge in [-0.2, -0.15) is 0 Å². The fourth-order valence-electron chi connectivity index (χ4n) is 7.03. The van der Waals surface area contributed by atoms with E-state index in [2.05, 4.69) is 109 Å². The van der Waals surface area contributed by atoms with Gasteiger partial charge in [0, 0.05) is 39.5 Å². The lowest BCUT2D eigenvalue weighted by Gasteiger charge is -2.41. The van der Waals surface area contributed by atoms with Gasteiger partial charge in [0.05, 0.1) is 22.6 Å². The number of benzene rings is 5. The summed E-state index contributed by atoms with van der Waals surface area (Å²) in [6.07, 6.45) is 3.65. The maximum absolute atomic E-state index is 6.81. The standard InChI is InChI=1S/C38H26N4O/c1-38(2)28-17-7-9-19-30(28)42(37-40-29-18-8-5-15-26(29)34(41-37)23-12-11-21-39-22-23)35-33(38)25-14-4-3-13-24(25)32-27-16-6-10-20-31(27)43-36(32)35/h3-22H,1-2H3. The van der Waals surface area contributed by atoms with Crippen LogP contribution in [-0.4, -0.2) is 15.0 Å². The molecule has 0 saturated heterocycles. The van der Waals surface area contributed by atoms with Gasteiger partial charge in [-0.3, -0.25) is 9.88 Å². The molecule has 0 N–H and O–H groups in total. The number of hydrogen-bond donors (Lipinski definition) is 0. The largest absolute Gasteiger partial charge is 0.454 e. The van der Waals surface area contributed by atoms with Crippen LogP contribution in [-0.2, 0) is 5.41 Å². The summed E-state index contributed by atoms with van der Waals surface area (Å²) in [6.45, 7) is 4.62. The quantitative estimate of drug-likeness (QED) is 0.213. The Bertz CT molecular complexity index is 2390. The van der Waals surface area contributed by atoms with E-state index in [9.17, 15) is 0 Å². The topological polar surface area (TPSA) is 55.1 Å². The Morgan fingerprint density at radius 3 is 2.23 bits per heavy atom. The van der Waals surface area contributed by atoms with Crippen LogP contribution in [0.15, 0.2) is 126 Å². The Labute approximate surface area is 248 Å². The molecule has 0 bridgehead atoms. The molecule has 3 aromatic heterocycles. The molecule has 5 nitrogen and oxygen atoms in total. The number of hydrogen-bond acceptors (Lipinski definition) is 5. The van der Waals surface area contributed by atoms with E-state index in [0.717, 1.165) is 55.5 Å². The SMILES string of the molecule is CC1(C)c2ccccc2N(c2nc(-c3cccnc3)c3ccccc3n2)c2c1c1ccccc1c1c2oc2ccccc21. The van der Waals surface area contributed by atoms with Crippen molar-refractivity contribution in [3.63, 3.8) is 0 Å². The van der Waals surface area contributed by atoms with Crippen molar-refractivity contribution in [1.82, 2.24) is 15.0 Å². The van der Waals surface area contributed by atoms with Gasteiger partial charge < -0.3 is 4.42 Å². The molecule has 0 saturated carbocycles. The predicted octanol–water partition coefficient (Wildman–Crippen LogP) is 9.85. The summed E-state index contributed by atoms with van der Waals surface area (Å²) in [4.78, 5) is 17.2. The number of nitrogens with zero attached hydrogens (tertiary/aromatic N) is 4. The molecule has 204 valence electrons. The summed E-state index contributed by atoms with van der Waals surface area (Å²) in [7, 11) is 0. The third kappa shape index (κ3) is 3.30. The summed E-state index contributed by atoms with van der Waals surface area (Å²) in [5.41, 5.74) is 8.50. The molecule has 5 aromatic carbocycles. The molecular weight excluding hydrogens is 528 g/mol. The summed E-state index contributed by atoms with van der Waals surface area (Å²) in [5, 5.41) is 5.58. The lowest BCUT2D eigenvalue weighted by molar-refractivity contribution is 0.628. The molecular formula is C38H26N4O. The zero-order valence-electron chi connectivity index (χ0n) is 23.7. The lowest BCUT2D eigenvalue weighted by atomic mass is 9.71. The minimum atomic E-state index is -0.321. The normalized spacial score (nSPS) is 14.0. The molecule has 5 heteroatoms. The first-order valence-electron chi connectivity index (χ1n) is 14.5. The molecule has 0 spiro atoms. The van der Waals surface area contributed by atoms with E-state index >= 15 is 0 Å². The monoisotopic (exact) mass is 554 g/mol. The molecule has 0 fully saturated rings. The lowest BCUT2D eigenvalue weighted by Crippen LogP contribution is -2.32. The van der Waals surface area contributed by atoms with Crippen LogP contribution < -0.4 is 4.90 Å². The summed E-state index contributed by atoms with van der Waals surface area (Å²) < 4.78 is 6.81. The molecule has 1 aliphatic rings. The molecule has 1 aliphatic heterocycles. The van der Waals surface area contributed by atoms with Crippen molar-refractivity contribution >= 4 is 60.9 Å². The highest BCUT2D eigenvalue weighted by atomic mass is 16.3. The molecule has 0 atom stereocenters. The first-order valence-corrected chi connectivity index (χ1v) is 14.5. The average Bonchev–Trinajstić information content (AvgIpc) is 3.45. The first kappa shape index (κ1) is 24.1. The van der Waals surface area contributed by atoms with Crippen LogP contribution in [0.5, 0.6) is 0 Å². The number of fused-ring (bicyclic) bond motifs is 10. The smallest absolute Gasteiger partial charge is 0.235 e. The van der Waals surface area contributed by atoms with Crippen molar-refractivity contribution in [1.29, 1.82) is 0 Å². The Balaban J connectivity index is 1.48. The van der Waals surface area contributed by atoms with E-state index in [0.29, 0.717) is 5.95 Å². The van der Waals surface area contributed by atoms with Crippen molar-refractivity contribution in [3.8, 4) is 11.3 Å². The van der Waals surface area contributed by atoms with Crippen molar-refractivity contribution in [3.05, 3.63) is 133 Å². The number of pyridine rings is 1. The third-order valence-electron chi connectivity index (χ3n) is 8.91. The van der Waals surface area contributed by atoms with Crippen molar-refractivity contribution in [2.45, 2.75) is 19.3 Å². The number of aromatic nitrogens is 3. The highest BCUT2D eigenvalue weighted by molar-refractivity contribution is 6.25. The second-order valence-corrected chi connectivity index (χ2v) is 11.7. The summed E-state index contributed by atoms with van der Waals surface area (Å²) in [5.74, 6) is 0.596. The van der Waals surface area contributed by atoms with Gasteiger partial charge in [0.15, 0.2) is 5.58 Å². The number of furan rings is 1. The molecule has 43 heavy (non-hydrogen) atoms. The fourth-order valence-corrected chi connectivity index (χ4v) is 7.03. The minimum absolute atomic E-state index is 0.321. The van der Waals surface area contributed by atoms with E-state index < -0.39 is 0 Å². The van der Waals surface area contributed by atoms with E-state index in [4.69, 9.17) is 14.4 Å². The number of rotatable bonds is 2. The fraction of sp³-hybridized carbons (Fsp3) is 0.0789. The zero-order chi connectivity index (χ0) is 28.7. The van der Waals surface area contributed by atoms with E-state index in [1.165, 1.54) is 21.9 Å². The molecule has 0 aliphatic carbocycles. The van der Waals surface area contributed by atoms with Gasteiger partial charge in [0.2, 0.25) is 5.95 Å². The number of anilines is 3. The second-order valence-electron chi connectivity index (χ2n) is 11.7. The van der Waals surface area contributed by atoms with E-state index in [1.807, 2.05) is 30.5 Å². The Morgan fingerprint density at radius 2 is 1.40 bits per heavy atom. The molecule has 8 aromatic rings. The molecule has 9 rings (SSSR count). The highest BCUT2D eigenvalue weighted by Gasteiger charge is 2.42. The second kappa shape index (κ2) is 8.73. The number of para-hydroxylation sites is 3. The van der Waals surface area contributed by atoms with Crippen LogP contribution in [0, 0.1) is 0 Å². The van der Waals surface area contributed by atoms with Gasteiger partial charge >= 0.3 is 0 Å². The van der Waals surface area contributed by atoms with E-state index in [1.54, 1.807) is 6.20 Å². The molecule has 4 heterocycles. The zero-order valence-corrected chi connectivity index (χ0v) is 23.7. The van der Waals surface area contributed by atoms with Crippen LogP contribution >= 0.6 is 0 Å². The molecule has 0 unspecified atom stereocenters. The summed E-state index contributed by atoms with van der Waals surface area (Å²) >= 11 is 0. The van der Waals surface area contributed by atoms with Gasteiger partial charge in [-0.25, -0.2) is 9.97 Å². The van der Waals surface area contributed by atoms with Gasteiger partial charge in [-0.05, 0) is 52.2 Å². The van der Waals surface area contributed by atoms with Gasteiger partial charge in [0.1, 0.15) is 5.58 Å². The summed E-state index contributed by atoms with van der Waals surface area (Å²) in [6, 6.07) is 37.8. The highest BCUT2D eigenvalue weighted by Crippen LogP contribution is 2.57. The average molecular weight is 555 g/mol. The van der Waals surface area contributed by atoms with Gasteiger partial charge in [0.25, 0.3) is 0 Å². The molecule has 0 amide bonds. The maximum atomic E-state index is 6.81. The molecule has 0 radical (unpaired) electrons. The van der Waals surface area contributed by atoms with Crippen LogP contribution in [0.1, 0.15) is 25.0 Å². The van der Waals surface area contributed by atoms with Crippen molar-refractivity contribution < 1.29 is 4.42 Å². The Kier molecular flexibility index (Phi) is 4.89. The van der Waals surface area contributed by atoms with Crippen molar-refractivity contribution in [2.75, 3.05) is 4.90 Å². The van der Waals surface area contributed by atoms with Crippen molar-refractivity contribution in [2.24, 2.45) is 0 Å². The first-order chi connectivity index (χ1) is 21.1. The van der Waals surface area contributed by atoms with Gasteiger partial charge in [-0.1, -0.05) is 92.7 Å². The Hall–Kier alpha value is -5.55. The third-order valence-corrected chi connectivity index (χ3v) is 8.91. The van der Waals surface area contributed by atoms with Crippen LogP contribution in [0.2, 0.25) is 0 Å².